The van der Waals surface area contributed by atoms with Gasteiger partial charge in [0.25, 0.3) is 0 Å². The van der Waals surface area contributed by atoms with E-state index in [9.17, 15) is 9.18 Å². The second-order valence-corrected chi connectivity index (χ2v) is 4.49. The van der Waals surface area contributed by atoms with E-state index in [1.54, 1.807) is 33.8 Å². The molecule has 0 radical (unpaired) electrons. The Morgan fingerprint density at radius 2 is 1.93 bits per heavy atom. The summed E-state index contributed by atoms with van der Waals surface area (Å²) in [4.78, 5) is 11.6. The molecule has 0 heterocycles. The highest BCUT2D eigenvalue weighted by Gasteiger charge is 2.20. The maximum Gasteiger partial charge on any atom is 0.341 e. The van der Waals surface area contributed by atoms with Crippen molar-refractivity contribution in [1.29, 1.82) is 0 Å². The molecule has 2 nitrogen and oxygen atoms in total. The molecule has 1 aromatic rings. The first kappa shape index (κ1) is 11.7. The second-order valence-electron chi connectivity index (χ2n) is 4.49. The van der Waals surface area contributed by atoms with Crippen molar-refractivity contribution in [3.05, 3.63) is 35.1 Å². The van der Waals surface area contributed by atoms with Crippen LogP contribution in [0.2, 0.25) is 0 Å². The van der Waals surface area contributed by atoms with Crippen molar-refractivity contribution in [3.8, 4) is 0 Å². The minimum absolute atomic E-state index is 0.00933. The summed E-state index contributed by atoms with van der Waals surface area (Å²) in [6.07, 6.45) is 0. The number of esters is 1. The number of halogens is 1. The number of carbonyl (C=O) groups is 1. The van der Waals surface area contributed by atoms with Gasteiger partial charge in [0.05, 0.1) is 5.56 Å². The van der Waals surface area contributed by atoms with Crippen LogP contribution in [0.1, 0.15) is 36.7 Å². The molecule has 0 aliphatic heterocycles. The molecule has 0 aliphatic carbocycles. The highest BCUT2D eigenvalue weighted by atomic mass is 19.1. The number of ether oxygens (including phenoxy) is 1. The Balaban J connectivity index is 2.96. The lowest BCUT2D eigenvalue weighted by molar-refractivity contribution is 0.00646. The van der Waals surface area contributed by atoms with Crippen molar-refractivity contribution in [2.45, 2.75) is 33.3 Å². The molecule has 0 saturated carbocycles. The van der Waals surface area contributed by atoms with Crippen LogP contribution in [0.15, 0.2) is 18.2 Å². The Morgan fingerprint density at radius 1 is 1.33 bits per heavy atom. The van der Waals surface area contributed by atoms with Crippen molar-refractivity contribution < 1.29 is 13.9 Å². The molecule has 0 aliphatic rings. The molecule has 15 heavy (non-hydrogen) atoms. The van der Waals surface area contributed by atoms with E-state index in [4.69, 9.17) is 4.74 Å². The van der Waals surface area contributed by atoms with E-state index in [-0.39, 0.29) is 5.56 Å². The molecule has 1 rings (SSSR count). The Bertz CT molecular complexity index is 378. The summed E-state index contributed by atoms with van der Waals surface area (Å²) in [7, 11) is 0. The van der Waals surface area contributed by atoms with Crippen LogP contribution in [-0.2, 0) is 4.74 Å². The number of carbonyl (C=O) groups excluding carboxylic acids is 1. The van der Waals surface area contributed by atoms with E-state index in [0.29, 0.717) is 0 Å². The van der Waals surface area contributed by atoms with Crippen LogP contribution in [0, 0.1) is 12.7 Å². The number of benzene rings is 1. The molecule has 0 saturated heterocycles. The van der Waals surface area contributed by atoms with Gasteiger partial charge in [0.2, 0.25) is 0 Å². The molecule has 82 valence electrons. The number of aryl methyl sites for hydroxylation is 1. The summed E-state index contributed by atoms with van der Waals surface area (Å²) in [6.45, 7) is 7.04. The first-order chi connectivity index (χ1) is 6.79. The lowest BCUT2D eigenvalue weighted by atomic mass is 10.1. The third-order valence-corrected chi connectivity index (χ3v) is 1.74. The van der Waals surface area contributed by atoms with E-state index < -0.39 is 17.4 Å². The number of hydrogen-bond acceptors (Lipinski definition) is 2. The summed E-state index contributed by atoms with van der Waals surface area (Å²) in [6, 6.07) is 4.38. The van der Waals surface area contributed by atoms with E-state index in [2.05, 4.69) is 0 Å². The van der Waals surface area contributed by atoms with Gasteiger partial charge in [-0.25, -0.2) is 9.18 Å². The fraction of sp³-hybridized carbons (Fsp3) is 0.417. The lowest BCUT2D eigenvalue weighted by Crippen LogP contribution is -2.24. The molecule has 0 amide bonds. The zero-order valence-corrected chi connectivity index (χ0v) is 9.43. The maximum atomic E-state index is 13.3. The van der Waals surface area contributed by atoms with Crippen LogP contribution < -0.4 is 0 Å². The minimum atomic E-state index is -0.622. The topological polar surface area (TPSA) is 26.3 Å². The van der Waals surface area contributed by atoms with Gasteiger partial charge in [-0.15, -0.1) is 0 Å². The van der Waals surface area contributed by atoms with Gasteiger partial charge < -0.3 is 4.74 Å². The standard InChI is InChI=1S/C12H15FO2/c1-8-5-6-10(13)9(7-8)11(14)15-12(2,3)4/h5-7H,1-4H3. The Hall–Kier alpha value is -1.38. The fourth-order valence-electron chi connectivity index (χ4n) is 1.13. The van der Waals surface area contributed by atoms with Gasteiger partial charge in [-0.05, 0) is 39.8 Å². The van der Waals surface area contributed by atoms with Crippen molar-refractivity contribution in [1.82, 2.24) is 0 Å². The summed E-state index contributed by atoms with van der Waals surface area (Å²) in [5.41, 5.74) is 0.218. The number of rotatable bonds is 1. The van der Waals surface area contributed by atoms with Crippen LogP contribution in [-0.4, -0.2) is 11.6 Å². The summed E-state index contributed by atoms with van der Waals surface area (Å²) in [5.74, 6) is -1.17. The third kappa shape index (κ3) is 3.35. The van der Waals surface area contributed by atoms with Crippen LogP contribution in [0.25, 0.3) is 0 Å². The predicted octanol–water partition coefficient (Wildman–Crippen LogP) is 3.09. The SMILES string of the molecule is Cc1ccc(F)c(C(=O)OC(C)(C)C)c1. The first-order valence-corrected chi connectivity index (χ1v) is 4.79. The zero-order chi connectivity index (χ0) is 11.6. The van der Waals surface area contributed by atoms with E-state index in [0.717, 1.165) is 5.56 Å². The molecular formula is C12H15FO2. The number of hydrogen-bond donors (Lipinski definition) is 0. The monoisotopic (exact) mass is 210 g/mol. The van der Waals surface area contributed by atoms with E-state index in [1.165, 1.54) is 12.1 Å². The van der Waals surface area contributed by atoms with Crippen LogP contribution in [0.5, 0.6) is 0 Å². The van der Waals surface area contributed by atoms with E-state index >= 15 is 0 Å². The van der Waals surface area contributed by atoms with Gasteiger partial charge in [-0.3, -0.25) is 0 Å². The van der Waals surface area contributed by atoms with Crippen LogP contribution in [0.4, 0.5) is 4.39 Å². The quantitative estimate of drug-likeness (QED) is 0.666. The van der Waals surface area contributed by atoms with Crippen molar-refractivity contribution in [2.75, 3.05) is 0 Å². The molecule has 0 bridgehead atoms. The average Bonchev–Trinajstić information content (AvgIpc) is 2.06. The van der Waals surface area contributed by atoms with Crippen molar-refractivity contribution in [2.24, 2.45) is 0 Å². The Morgan fingerprint density at radius 3 is 2.47 bits per heavy atom. The van der Waals surface area contributed by atoms with Gasteiger partial charge in [-0.2, -0.15) is 0 Å². The van der Waals surface area contributed by atoms with Gasteiger partial charge in [0.1, 0.15) is 11.4 Å². The minimum Gasteiger partial charge on any atom is -0.456 e. The predicted molar refractivity (Wildman–Crippen MR) is 56.3 cm³/mol. The van der Waals surface area contributed by atoms with Gasteiger partial charge in [0.15, 0.2) is 0 Å². The highest BCUT2D eigenvalue weighted by molar-refractivity contribution is 5.90. The Labute approximate surface area is 89.1 Å². The van der Waals surface area contributed by atoms with Crippen LogP contribution in [0.3, 0.4) is 0 Å². The highest BCUT2D eigenvalue weighted by Crippen LogP contribution is 2.15. The molecular weight excluding hydrogens is 195 g/mol. The van der Waals surface area contributed by atoms with Crippen LogP contribution >= 0.6 is 0 Å². The average molecular weight is 210 g/mol. The molecule has 0 atom stereocenters. The first-order valence-electron chi connectivity index (χ1n) is 4.79. The normalized spacial score (nSPS) is 11.3. The molecule has 1 aromatic carbocycles. The van der Waals surface area contributed by atoms with Crippen molar-refractivity contribution in [3.63, 3.8) is 0 Å². The zero-order valence-electron chi connectivity index (χ0n) is 9.43. The summed E-state index contributed by atoms with van der Waals surface area (Å²) >= 11 is 0. The molecule has 0 spiro atoms. The molecule has 0 aromatic heterocycles. The van der Waals surface area contributed by atoms with Gasteiger partial charge >= 0.3 is 5.97 Å². The molecule has 0 unspecified atom stereocenters. The maximum absolute atomic E-state index is 13.3. The largest absolute Gasteiger partial charge is 0.456 e. The smallest absolute Gasteiger partial charge is 0.341 e. The molecule has 0 fully saturated rings. The summed E-state index contributed by atoms with van der Waals surface area (Å²) < 4.78 is 18.4. The molecule has 3 heteroatoms. The molecule has 0 N–H and O–H groups in total. The lowest BCUT2D eigenvalue weighted by Gasteiger charge is -2.19. The van der Waals surface area contributed by atoms with Gasteiger partial charge in [0, 0.05) is 0 Å². The Kier molecular flexibility index (Phi) is 3.12. The second kappa shape index (κ2) is 4.01. The third-order valence-electron chi connectivity index (χ3n) is 1.74. The van der Waals surface area contributed by atoms with Crippen molar-refractivity contribution >= 4 is 5.97 Å². The summed E-state index contributed by atoms with van der Waals surface area (Å²) in [5, 5.41) is 0. The fourth-order valence-corrected chi connectivity index (χ4v) is 1.13. The van der Waals surface area contributed by atoms with Gasteiger partial charge in [-0.1, -0.05) is 11.6 Å². The van der Waals surface area contributed by atoms with E-state index in [1.807, 2.05) is 0 Å².